The highest BCUT2D eigenvalue weighted by atomic mass is 32.2. The lowest BCUT2D eigenvalue weighted by Gasteiger charge is -2.27. The highest BCUT2D eigenvalue weighted by molar-refractivity contribution is 7.91. The van der Waals surface area contributed by atoms with E-state index in [0.717, 1.165) is 18.7 Å². The van der Waals surface area contributed by atoms with Crippen LogP contribution in [0.1, 0.15) is 19.8 Å². The number of benzene rings is 1. The SMILES string of the molecule is CCCN(Cn1ncn(-c2ccccc2)c1=S)[C@@H]1CCS(=O)(=O)C1. The first-order chi connectivity index (χ1) is 11.5. The van der Waals surface area contributed by atoms with Crippen LogP contribution < -0.4 is 0 Å². The monoisotopic (exact) mass is 366 g/mol. The first-order valence-electron chi connectivity index (χ1n) is 8.14. The molecule has 2 aromatic rings. The van der Waals surface area contributed by atoms with Gasteiger partial charge in [-0.15, -0.1) is 0 Å². The largest absolute Gasteiger partial charge is 0.280 e. The van der Waals surface area contributed by atoms with E-state index in [-0.39, 0.29) is 17.5 Å². The number of sulfone groups is 1. The molecular weight excluding hydrogens is 344 g/mol. The molecule has 0 N–H and O–H groups in total. The van der Waals surface area contributed by atoms with Crippen LogP contribution in [0.4, 0.5) is 0 Å². The van der Waals surface area contributed by atoms with Crippen LogP contribution in [-0.4, -0.2) is 51.8 Å². The Morgan fingerprint density at radius 1 is 1.33 bits per heavy atom. The Labute approximate surface area is 147 Å². The van der Waals surface area contributed by atoms with Crippen molar-refractivity contribution in [3.8, 4) is 5.69 Å². The van der Waals surface area contributed by atoms with Gasteiger partial charge in [0.25, 0.3) is 0 Å². The second-order valence-corrected chi connectivity index (χ2v) is 8.72. The standard InChI is InChI=1S/C16H22N4O2S2/c1-2-9-18(15-8-10-24(21,22)11-15)13-20-16(23)19(12-17-20)14-6-4-3-5-7-14/h3-7,12,15H,2,8-11,13H2,1H3/t15-/m1/s1. The highest BCUT2D eigenvalue weighted by Crippen LogP contribution is 2.19. The third-order valence-corrected chi connectivity index (χ3v) is 6.48. The molecule has 0 radical (unpaired) electrons. The summed E-state index contributed by atoms with van der Waals surface area (Å²) in [5.41, 5.74) is 0.972. The maximum atomic E-state index is 11.8. The van der Waals surface area contributed by atoms with Crippen LogP contribution in [0, 0.1) is 4.77 Å². The van der Waals surface area contributed by atoms with E-state index < -0.39 is 9.84 Å². The summed E-state index contributed by atoms with van der Waals surface area (Å²) in [6, 6.07) is 9.90. The van der Waals surface area contributed by atoms with Gasteiger partial charge in [0.05, 0.1) is 18.2 Å². The zero-order valence-electron chi connectivity index (χ0n) is 13.7. The molecule has 2 heterocycles. The smallest absolute Gasteiger partial charge is 0.203 e. The number of hydrogen-bond acceptors (Lipinski definition) is 5. The lowest BCUT2D eigenvalue weighted by atomic mass is 10.2. The number of rotatable bonds is 6. The summed E-state index contributed by atoms with van der Waals surface area (Å²) < 4.78 is 27.8. The summed E-state index contributed by atoms with van der Waals surface area (Å²) in [7, 11) is -2.90. The molecule has 0 spiro atoms. The lowest BCUT2D eigenvalue weighted by Crippen LogP contribution is -2.38. The molecule has 1 fully saturated rings. The van der Waals surface area contributed by atoms with E-state index in [1.165, 1.54) is 0 Å². The number of para-hydroxylation sites is 1. The molecule has 1 aromatic carbocycles. The van der Waals surface area contributed by atoms with Crippen LogP contribution in [0.2, 0.25) is 0 Å². The van der Waals surface area contributed by atoms with Crippen molar-refractivity contribution in [2.45, 2.75) is 32.5 Å². The van der Waals surface area contributed by atoms with Crippen molar-refractivity contribution in [3.05, 3.63) is 41.4 Å². The topological polar surface area (TPSA) is 60.1 Å². The molecule has 1 aromatic heterocycles. The molecule has 24 heavy (non-hydrogen) atoms. The molecule has 1 aliphatic heterocycles. The number of hydrogen-bond donors (Lipinski definition) is 0. The van der Waals surface area contributed by atoms with Crippen molar-refractivity contribution >= 4 is 22.1 Å². The Morgan fingerprint density at radius 3 is 2.71 bits per heavy atom. The van der Waals surface area contributed by atoms with Crippen molar-refractivity contribution < 1.29 is 8.42 Å². The number of nitrogens with zero attached hydrogens (tertiary/aromatic N) is 4. The molecule has 130 valence electrons. The summed E-state index contributed by atoms with van der Waals surface area (Å²) in [6.07, 6.45) is 3.37. The summed E-state index contributed by atoms with van der Waals surface area (Å²) >= 11 is 5.55. The lowest BCUT2D eigenvalue weighted by molar-refractivity contribution is 0.155. The van der Waals surface area contributed by atoms with Gasteiger partial charge in [0, 0.05) is 11.7 Å². The fourth-order valence-electron chi connectivity index (χ4n) is 3.09. The average Bonchev–Trinajstić information content (AvgIpc) is 3.11. The molecular formula is C16H22N4O2S2. The van der Waals surface area contributed by atoms with Crippen molar-refractivity contribution in [2.75, 3.05) is 18.1 Å². The van der Waals surface area contributed by atoms with Gasteiger partial charge in [-0.05, 0) is 43.7 Å². The van der Waals surface area contributed by atoms with Crippen LogP contribution in [0.3, 0.4) is 0 Å². The molecule has 0 amide bonds. The van der Waals surface area contributed by atoms with Crippen LogP contribution in [0.25, 0.3) is 5.69 Å². The van der Waals surface area contributed by atoms with Crippen LogP contribution in [0.15, 0.2) is 36.7 Å². The molecule has 0 saturated carbocycles. The predicted molar refractivity (Wildman–Crippen MR) is 96.4 cm³/mol. The molecule has 1 atom stereocenters. The van der Waals surface area contributed by atoms with Crippen LogP contribution in [0.5, 0.6) is 0 Å². The quantitative estimate of drug-likeness (QED) is 0.734. The molecule has 0 bridgehead atoms. The third-order valence-electron chi connectivity index (χ3n) is 4.32. The number of aromatic nitrogens is 3. The van der Waals surface area contributed by atoms with Crippen molar-refractivity contribution in [2.24, 2.45) is 0 Å². The first-order valence-corrected chi connectivity index (χ1v) is 10.4. The molecule has 3 rings (SSSR count). The van der Waals surface area contributed by atoms with E-state index >= 15 is 0 Å². The molecule has 1 aliphatic rings. The highest BCUT2D eigenvalue weighted by Gasteiger charge is 2.32. The molecule has 6 nitrogen and oxygen atoms in total. The van der Waals surface area contributed by atoms with E-state index in [2.05, 4.69) is 16.9 Å². The minimum atomic E-state index is -2.90. The zero-order valence-corrected chi connectivity index (χ0v) is 15.3. The van der Waals surface area contributed by atoms with Crippen molar-refractivity contribution in [1.82, 2.24) is 19.2 Å². The van der Waals surface area contributed by atoms with Gasteiger partial charge in [0.1, 0.15) is 6.33 Å². The van der Waals surface area contributed by atoms with E-state index in [1.807, 2.05) is 34.9 Å². The molecule has 1 saturated heterocycles. The fraction of sp³-hybridized carbons (Fsp3) is 0.500. The fourth-order valence-corrected chi connectivity index (χ4v) is 5.11. The van der Waals surface area contributed by atoms with Gasteiger partial charge in [-0.3, -0.25) is 9.47 Å². The summed E-state index contributed by atoms with van der Waals surface area (Å²) in [4.78, 5) is 2.18. The summed E-state index contributed by atoms with van der Waals surface area (Å²) in [5, 5.41) is 4.41. The molecule has 0 aliphatic carbocycles. The van der Waals surface area contributed by atoms with Crippen molar-refractivity contribution in [1.29, 1.82) is 0 Å². The Morgan fingerprint density at radius 2 is 2.08 bits per heavy atom. The van der Waals surface area contributed by atoms with Gasteiger partial charge >= 0.3 is 0 Å². The minimum Gasteiger partial charge on any atom is -0.280 e. The Balaban J connectivity index is 1.81. The second kappa shape index (κ2) is 7.16. The predicted octanol–water partition coefficient (Wildman–Crippen LogP) is 2.26. The van der Waals surface area contributed by atoms with Crippen molar-refractivity contribution in [3.63, 3.8) is 0 Å². The third kappa shape index (κ3) is 3.76. The Kier molecular flexibility index (Phi) is 5.17. The summed E-state index contributed by atoms with van der Waals surface area (Å²) in [6.45, 7) is 3.45. The van der Waals surface area contributed by atoms with Gasteiger partial charge in [0.2, 0.25) is 4.77 Å². The maximum absolute atomic E-state index is 11.8. The van der Waals surface area contributed by atoms with E-state index in [9.17, 15) is 8.42 Å². The van der Waals surface area contributed by atoms with E-state index in [4.69, 9.17) is 12.2 Å². The van der Waals surface area contributed by atoms with Gasteiger partial charge in [0.15, 0.2) is 9.84 Å². The second-order valence-electron chi connectivity index (χ2n) is 6.13. The molecule has 8 heteroatoms. The van der Waals surface area contributed by atoms with Gasteiger partial charge in [-0.1, -0.05) is 25.1 Å². The van der Waals surface area contributed by atoms with Crippen LogP contribution >= 0.6 is 12.2 Å². The Bertz CT molecular complexity index is 842. The van der Waals surface area contributed by atoms with Gasteiger partial charge in [-0.2, -0.15) is 5.10 Å². The van der Waals surface area contributed by atoms with E-state index in [1.54, 1.807) is 11.0 Å². The normalized spacial score (nSPS) is 19.8. The van der Waals surface area contributed by atoms with Gasteiger partial charge < -0.3 is 0 Å². The van der Waals surface area contributed by atoms with Crippen LogP contribution in [-0.2, 0) is 16.5 Å². The molecule has 0 unspecified atom stereocenters. The average molecular weight is 367 g/mol. The minimum absolute atomic E-state index is 0.0544. The summed E-state index contributed by atoms with van der Waals surface area (Å²) in [5.74, 6) is 0.515. The van der Waals surface area contributed by atoms with E-state index in [0.29, 0.717) is 17.9 Å². The van der Waals surface area contributed by atoms with Gasteiger partial charge in [-0.25, -0.2) is 13.1 Å². The Hall–Kier alpha value is -1.51. The first kappa shape index (κ1) is 17.3. The maximum Gasteiger partial charge on any atom is 0.203 e. The zero-order chi connectivity index (χ0) is 17.2.